The third-order valence-corrected chi connectivity index (χ3v) is 3.00. The van der Waals surface area contributed by atoms with Gasteiger partial charge in [0.2, 0.25) is 0 Å². The Labute approximate surface area is 107 Å². The standard InChI is InChI=1S/C13H20FN3O/c1-10(2)16-8-11-9-18-7-6-17(11)13-12(14)4-3-5-15-13/h3-5,10-11,16H,6-9H2,1-2H3. The summed E-state index contributed by atoms with van der Waals surface area (Å²) in [5.74, 6) is 0.158. The van der Waals surface area contributed by atoms with Crippen molar-refractivity contribution >= 4 is 5.82 Å². The second-order valence-corrected chi connectivity index (χ2v) is 4.79. The molecule has 2 heterocycles. The van der Waals surface area contributed by atoms with Crippen LogP contribution in [-0.2, 0) is 4.74 Å². The number of morpholine rings is 1. The molecular formula is C13H20FN3O. The van der Waals surface area contributed by atoms with E-state index in [0.29, 0.717) is 31.6 Å². The minimum absolute atomic E-state index is 0.130. The number of rotatable bonds is 4. The van der Waals surface area contributed by atoms with E-state index in [9.17, 15) is 4.39 Å². The molecule has 1 atom stereocenters. The van der Waals surface area contributed by atoms with Gasteiger partial charge in [-0.25, -0.2) is 9.37 Å². The Balaban J connectivity index is 2.10. The Morgan fingerprint density at radius 2 is 2.44 bits per heavy atom. The third-order valence-electron chi connectivity index (χ3n) is 3.00. The van der Waals surface area contributed by atoms with Crippen LogP contribution in [0.3, 0.4) is 0 Å². The summed E-state index contributed by atoms with van der Waals surface area (Å²) < 4.78 is 19.3. The van der Waals surface area contributed by atoms with E-state index in [1.54, 1.807) is 12.3 Å². The van der Waals surface area contributed by atoms with E-state index >= 15 is 0 Å². The molecule has 1 aromatic rings. The maximum absolute atomic E-state index is 13.8. The first-order chi connectivity index (χ1) is 8.68. The Bertz CT molecular complexity index is 386. The van der Waals surface area contributed by atoms with Crippen LogP contribution in [0.4, 0.5) is 10.2 Å². The van der Waals surface area contributed by atoms with Crippen molar-refractivity contribution in [1.82, 2.24) is 10.3 Å². The topological polar surface area (TPSA) is 37.4 Å². The maximum Gasteiger partial charge on any atom is 0.165 e. The summed E-state index contributed by atoms with van der Waals surface area (Å²) in [5, 5.41) is 3.36. The van der Waals surface area contributed by atoms with Gasteiger partial charge in [0, 0.05) is 25.3 Å². The number of nitrogens with zero attached hydrogens (tertiary/aromatic N) is 2. The van der Waals surface area contributed by atoms with E-state index in [1.165, 1.54) is 6.07 Å². The van der Waals surface area contributed by atoms with E-state index in [0.717, 1.165) is 6.54 Å². The fourth-order valence-corrected chi connectivity index (χ4v) is 2.06. The molecule has 1 unspecified atom stereocenters. The molecule has 0 saturated carbocycles. The molecule has 1 N–H and O–H groups in total. The van der Waals surface area contributed by atoms with Gasteiger partial charge in [-0.15, -0.1) is 0 Å². The molecule has 1 aliphatic rings. The second kappa shape index (κ2) is 6.11. The predicted octanol–water partition coefficient (Wildman–Crippen LogP) is 1.42. The molecule has 1 aliphatic heterocycles. The lowest BCUT2D eigenvalue weighted by Gasteiger charge is -2.37. The summed E-state index contributed by atoms with van der Waals surface area (Å²) >= 11 is 0. The minimum Gasteiger partial charge on any atom is -0.377 e. The average Bonchev–Trinajstić information content (AvgIpc) is 2.37. The van der Waals surface area contributed by atoms with Crippen molar-refractivity contribution < 1.29 is 9.13 Å². The fraction of sp³-hybridized carbons (Fsp3) is 0.615. The van der Waals surface area contributed by atoms with E-state index in [1.807, 2.05) is 4.90 Å². The zero-order chi connectivity index (χ0) is 13.0. The molecule has 1 fully saturated rings. The van der Waals surface area contributed by atoms with Crippen LogP contribution in [0.25, 0.3) is 0 Å². The van der Waals surface area contributed by atoms with Gasteiger partial charge < -0.3 is 15.0 Å². The van der Waals surface area contributed by atoms with Gasteiger partial charge in [-0.3, -0.25) is 0 Å². The van der Waals surface area contributed by atoms with Gasteiger partial charge in [-0.1, -0.05) is 13.8 Å². The Morgan fingerprint density at radius 1 is 1.61 bits per heavy atom. The van der Waals surface area contributed by atoms with Crippen LogP contribution >= 0.6 is 0 Å². The lowest BCUT2D eigenvalue weighted by Crippen LogP contribution is -2.52. The Morgan fingerprint density at radius 3 is 3.17 bits per heavy atom. The number of hydrogen-bond acceptors (Lipinski definition) is 4. The lowest BCUT2D eigenvalue weighted by atomic mass is 10.2. The number of ether oxygens (including phenoxy) is 1. The molecule has 2 rings (SSSR count). The van der Waals surface area contributed by atoms with Crippen molar-refractivity contribution in [2.75, 3.05) is 31.2 Å². The van der Waals surface area contributed by atoms with E-state index in [4.69, 9.17) is 4.74 Å². The first-order valence-electron chi connectivity index (χ1n) is 6.36. The number of aromatic nitrogens is 1. The van der Waals surface area contributed by atoms with Gasteiger partial charge in [-0.2, -0.15) is 0 Å². The SMILES string of the molecule is CC(C)NCC1COCCN1c1ncccc1F. The largest absolute Gasteiger partial charge is 0.377 e. The van der Waals surface area contributed by atoms with Crippen LogP contribution in [0.2, 0.25) is 0 Å². The van der Waals surface area contributed by atoms with Crippen LogP contribution in [0.15, 0.2) is 18.3 Å². The minimum atomic E-state index is -0.269. The number of halogens is 1. The summed E-state index contributed by atoms with van der Waals surface area (Å²) in [6, 6.07) is 3.60. The highest BCUT2D eigenvalue weighted by Crippen LogP contribution is 2.20. The molecule has 0 spiro atoms. The van der Waals surface area contributed by atoms with Crippen molar-refractivity contribution in [1.29, 1.82) is 0 Å². The highest BCUT2D eigenvalue weighted by Gasteiger charge is 2.26. The smallest absolute Gasteiger partial charge is 0.165 e. The van der Waals surface area contributed by atoms with Crippen LogP contribution in [0.5, 0.6) is 0 Å². The Hall–Kier alpha value is -1.20. The first kappa shape index (κ1) is 13.2. The van der Waals surface area contributed by atoms with Crippen molar-refractivity contribution in [2.24, 2.45) is 0 Å². The number of hydrogen-bond donors (Lipinski definition) is 1. The van der Waals surface area contributed by atoms with Crippen LogP contribution in [-0.4, -0.2) is 43.4 Å². The molecule has 1 saturated heterocycles. The molecule has 0 aliphatic carbocycles. The van der Waals surface area contributed by atoms with Gasteiger partial charge in [0.15, 0.2) is 11.6 Å². The van der Waals surface area contributed by atoms with Gasteiger partial charge in [-0.05, 0) is 12.1 Å². The van der Waals surface area contributed by atoms with Crippen LogP contribution in [0.1, 0.15) is 13.8 Å². The average molecular weight is 253 g/mol. The molecule has 0 amide bonds. The number of pyridine rings is 1. The molecule has 1 aromatic heterocycles. The van der Waals surface area contributed by atoms with Gasteiger partial charge in [0.25, 0.3) is 0 Å². The molecule has 5 heteroatoms. The molecule has 18 heavy (non-hydrogen) atoms. The molecule has 0 aromatic carbocycles. The highest BCUT2D eigenvalue weighted by atomic mass is 19.1. The first-order valence-corrected chi connectivity index (χ1v) is 6.36. The maximum atomic E-state index is 13.8. The van der Waals surface area contributed by atoms with Crippen molar-refractivity contribution in [2.45, 2.75) is 25.9 Å². The normalized spacial score (nSPS) is 20.4. The zero-order valence-corrected chi connectivity index (χ0v) is 10.9. The highest BCUT2D eigenvalue weighted by molar-refractivity contribution is 5.41. The summed E-state index contributed by atoms with van der Waals surface area (Å²) in [4.78, 5) is 6.14. The summed E-state index contributed by atoms with van der Waals surface area (Å²) in [5.41, 5.74) is 0. The zero-order valence-electron chi connectivity index (χ0n) is 10.9. The van der Waals surface area contributed by atoms with Gasteiger partial charge >= 0.3 is 0 Å². The molecule has 100 valence electrons. The monoisotopic (exact) mass is 253 g/mol. The van der Waals surface area contributed by atoms with Gasteiger partial charge in [0.1, 0.15) is 0 Å². The van der Waals surface area contributed by atoms with Crippen molar-refractivity contribution in [3.05, 3.63) is 24.1 Å². The Kier molecular flexibility index (Phi) is 4.49. The van der Waals surface area contributed by atoms with E-state index in [2.05, 4.69) is 24.1 Å². The summed E-state index contributed by atoms with van der Waals surface area (Å²) in [6.45, 7) is 6.86. The van der Waals surface area contributed by atoms with Crippen molar-refractivity contribution in [3.8, 4) is 0 Å². The summed E-state index contributed by atoms with van der Waals surface area (Å²) in [6.07, 6.45) is 1.63. The lowest BCUT2D eigenvalue weighted by molar-refractivity contribution is 0.0924. The summed E-state index contributed by atoms with van der Waals surface area (Å²) in [7, 11) is 0. The fourth-order valence-electron chi connectivity index (χ4n) is 2.06. The van der Waals surface area contributed by atoms with Crippen LogP contribution < -0.4 is 10.2 Å². The second-order valence-electron chi connectivity index (χ2n) is 4.79. The quantitative estimate of drug-likeness (QED) is 0.880. The molecule has 4 nitrogen and oxygen atoms in total. The van der Waals surface area contributed by atoms with Crippen molar-refractivity contribution in [3.63, 3.8) is 0 Å². The number of anilines is 1. The third kappa shape index (κ3) is 3.17. The predicted molar refractivity (Wildman–Crippen MR) is 69.3 cm³/mol. The molecular weight excluding hydrogens is 233 g/mol. The number of nitrogens with one attached hydrogen (secondary N) is 1. The molecule has 0 bridgehead atoms. The van der Waals surface area contributed by atoms with Gasteiger partial charge in [0.05, 0.1) is 19.3 Å². The molecule has 0 radical (unpaired) electrons. The van der Waals surface area contributed by atoms with E-state index < -0.39 is 0 Å². The van der Waals surface area contributed by atoms with E-state index in [-0.39, 0.29) is 11.9 Å². The van der Waals surface area contributed by atoms with Crippen LogP contribution in [0, 0.1) is 5.82 Å².